The topological polar surface area (TPSA) is 50.1 Å². The Morgan fingerprint density at radius 1 is 1.04 bits per heavy atom. The summed E-state index contributed by atoms with van der Waals surface area (Å²) in [6, 6.07) is 13.9. The number of rotatable bonds is 3. The van der Waals surface area contributed by atoms with E-state index in [1.165, 1.54) is 22.9 Å². The van der Waals surface area contributed by atoms with Crippen LogP contribution in [0.1, 0.15) is 16.8 Å². The van der Waals surface area contributed by atoms with Crippen LogP contribution in [0.4, 0.5) is 18.9 Å². The van der Waals surface area contributed by atoms with Crippen molar-refractivity contribution < 1.29 is 13.2 Å². The molecule has 3 aromatic rings. The van der Waals surface area contributed by atoms with Crippen LogP contribution < -0.4 is 5.56 Å². The fourth-order valence-electron chi connectivity index (χ4n) is 2.43. The number of aryl methyl sites for hydroxylation is 1. The molecule has 0 radical (unpaired) electrons. The summed E-state index contributed by atoms with van der Waals surface area (Å²) < 4.78 is 40.4. The predicted molar refractivity (Wildman–Crippen MR) is 89.8 cm³/mol. The zero-order valence-electron chi connectivity index (χ0n) is 13.2. The lowest BCUT2D eigenvalue weighted by Crippen LogP contribution is -2.17. The maximum absolute atomic E-state index is 13.0. The molecule has 0 saturated carbocycles. The highest BCUT2D eigenvalue weighted by molar-refractivity contribution is 5.83. The Morgan fingerprint density at radius 3 is 2.36 bits per heavy atom. The zero-order chi connectivity index (χ0) is 18.0. The third kappa shape index (κ3) is 3.40. The molecule has 2 aromatic carbocycles. The number of hydrogen-bond donors (Lipinski definition) is 1. The van der Waals surface area contributed by atoms with Crippen molar-refractivity contribution in [2.24, 2.45) is 4.99 Å². The number of benzene rings is 2. The molecule has 25 heavy (non-hydrogen) atoms. The van der Waals surface area contributed by atoms with E-state index in [9.17, 15) is 18.0 Å². The molecule has 0 amide bonds. The second-order valence-corrected chi connectivity index (χ2v) is 5.40. The van der Waals surface area contributed by atoms with Gasteiger partial charge < -0.3 is 0 Å². The van der Waals surface area contributed by atoms with Crippen molar-refractivity contribution in [2.45, 2.75) is 13.1 Å². The van der Waals surface area contributed by atoms with Crippen LogP contribution >= 0.6 is 0 Å². The minimum atomic E-state index is -4.51. The van der Waals surface area contributed by atoms with Crippen LogP contribution in [-0.2, 0) is 6.18 Å². The van der Waals surface area contributed by atoms with Gasteiger partial charge in [0.15, 0.2) is 0 Å². The Hall–Kier alpha value is -3.09. The van der Waals surface area contributed by atoms with Crippen molar-refractivity contribution in [3.8, 4) is 5.69 Å². The van der Waals surface area contributed by atoms with Crippen LogP contribution in [0.15, 0.2) is 64.4 Å². The first kappa shape index (κ1) is 16.8. The Morgan fingerprint density at radius 2 is 1.68 bits per heavy atom. The largest absolute Gasteiger partial charge is 0.418 e. The molecule has 1 N–H and O–H groups in total. The maximum Gasteiger partial charge on any atom is 0.418 e. The van der Waals surface area contributed by atoms with Crippen molar-refractivity contribution in [1.29, 1.82) is 0 Å². The van der Waals surface area contributed by atoms with E-state index in [4.69, 9.17) is 0 Å². The molecule has 0 saturated heterocycles. The van der Waals surface area contributed by atoms with Gasteiger partial charge in [0.05, 0.1) is 22.5 Å². The van der Waals surface area contributed by atoms with Gasteiger partial charge in [-0.15, -0.1) is 0 Å². The summed E-state index contributed by atoms with van der Waals surface area (Å²) in [5.74, 6) is 0. The van der Waals surface area contributed by atoms with Gasteiger partial charge in [0, 0.05) is 11.9 Å². The van der Waals surface area contributed by atoms with E-state index < -0.39 is 11.7 Å². The molecule has 0 fully saturated rings. The lowest BCUT2D eigenvalue weighted by atomic mass is 10.1. The van der Waals surface area contributed by atoms with Gasteiger partial charge in [0.2, 0.25) is 0 Å². The number of alkyl halides is 3. The van der Waals surface area contributed by atoms with Crippen molar-refractivity contribution in [2.75, 3.05) is 0 Å². The summed E-state index contributed by atoms with van der Waals surface area (Å²) in [5.41, 5.74) is -0.102. The second-order valence-electron chi connectivity index (χ2n) is 5.40. The van der Waals surface area contributed by atoms with E-state index in [1.807, 2.05) is 6.07 Å². The number of aliphatic imine (C=N–C) groups is 1. The molecule has 7 heteroatoms. The average Bonchev–Trinajstić information content (AvgIpc) is 2.87. The first-order chi connectivity index (χ1) is 11.9. The number of aromatic nitrogens is 2. The first-order valence-corrected chi connectivity index (χ1v) is 7.45. The number of nitrogens with zero attached hydrogens (tertiary/aromatic N) is 2. The summed E-state index contributed by atoms with van der Waals surface area (Å²) in [4.78, 5) is 16.4. The minimum absolute atomic E-state index is 0.209. The zero-order valence-corrected chi connectivity index (χ0v) is 13.2. The molecular weight excluding hydrogens is 331 g/mol. The number of H-pyrrole nitrogens is 1. The molecule has 0 aliphatic rings. The second kappa shape index (κ2) is 6.43. The average molecular weight is 345 g/mol. The van der Waals surface area contributed by atoms with Gasteiger partial charge >= 0.3 is 6.18 Å². The fourth-order valence-corrected chi connectivity index (χ4v) is 2.43. The Labute approximate surface area is 141 Å². The van der Waals surface area contributed by atoms with Gasteiger partial charge in [0.1, 0.15) is 0 Å². The van der Waals surface area contributed by atoms with E-state index in [0.29, 0.717) is 11.4 Å². The molecule has 4 nitrogen and oxygen atoms in total. The number of hydrogen-bond acceptors (Lipinski definition) is 2. The van der Waals surface area contributed by atoms with Crippen LogP contribution in [0.2, 0.25) is 0 Å². The molecule has 128 valence electrons. The van der Waals surface area contributed by atoms with Crippen molar-refractivity contribution in [1.82, 2.24) is 9.78 Å². The highest BCUT2D eigenvalue weighted by atomic mass is 19.4. The van der Waals surface area contributed by atoms with Gasteiger partial charge in [-0.05, 0) is 31.2 Å². The van der Waals surface area contributed by atoms with Crippen LogP contribution in [0.5, 0.6) is 0 Å². The van der Waals surface area contributed by atoms with Crippen molar-refractivity contribution >= 4 is 11.9 Å². The van der Waals surface area contributed by atoms with Gasteiger partial charge in [-0.25, -0.2) is 4.68 Å². The minimum Gasteiger partial charge on any atom is -0.295 e. The molecule has 0 unspecified atom stereocenters. The lowest BCUT2D eigenvalue weighted by Gasteiger charge is -2.08. The van der Waals surface area contributed by atoms with E-state index in [2.05, 4.69) is 10.1 Å². The van der Waals surface area contributed by atoms with Gasteiger partial charge in [-0.2, -0.15) is 13.2 Å². The molecule has 1 aromatic heterocycles. The standard InChI is InChI=1S/C18H14F3N3O/c1-12-14(17(25)24(23-12)13-7-3-2-4-8-13)11-22-16-10-6-5-9-15(16)18(19,20)21/h2-11,23H,1H3. The monoisotopic (exact) mass is 345 g/mol. The molecule has 0 bridgehead atoms. The van der Waals surface area contributed by atoms with E-state index >= 15 is 0 Å². The maximum atomic E-state index is 13.0. The fraction of sp³-hybridized carbons (Fsp3) is 0.111. The summed E-state index contributed by atoms with van der Waals surface area (Å²) >= 11 is 0. The summed E-state index contributed by atoms with van der Waals surface area (Å²) in [7, 11) is 0. The van der Waals surface area contributed by atoms with Crippen LogP contribution in [0.25, 0.3) is 5.69 Å². The third-order valence-corrected chi connectivity index (χ3v) is 3.67. The third-order valence-electron chi connectivity index (χ3n) is 3.67. The molecule has 0 aliphatic heterocycles. The lowest BCUT2D eigenvalue weighted by molar-refractivity contribution is -0.137. The SMILES string of the molecule is Cc1[nH]n(-c2ccccc2)c(=O)c1C=Nc1ccccc1C(F)(F)F. The molecule has 0 spiro atoms. The van der Waals surface area contributed by atoms with Crippen molar-refractivity contribution in [3.63, 3.8) is 0 Å². The molecule has 0 aliphatic carbocycles. The Balaban J connectivity index is 2.02. The normalized spacial score (nSPS) is 12.0. The molecule has 1 heterocycles. The quantitative estimate of drug-likeness (QED) is 0.709. The van der Waals surface area contributed by atoms with Gasteiger partial charge in [-0.3, -0.25) is 14.9 Å². The first-order valence-electron chi connectivity index (χ1n) is 7.45. The number of halogens is 3. The smallest absolute Gasteiger partial charge is 0.295 e. The Kier molecular flexibility index (Phi) is 4.31. The van der Waals surface area contributed by atoms with E-state index in [1.54, 1.807) is 31.2 Å². The van der Waals surface area contributed by atoms with Crippen LogP contribution in [-0.4, -0.2) is 16.0 Å². The van der Waals surface area contributed by atoms with E-state index in [-0.39, 0.29) is 16.8 Å². The van der Waals surface area contributed by atoms with Crippen LogP contribution in [0, 0.1) is 6.92 Å². The summed E-state index contributed by atoms with van der Waals surface area (Å²) in [5, 5.41) is 2.90. The molecular formula is C18H14F3N3O. The summed E-state index contributed by atoms with van der Waals surface area (Å²) in [6.45, 7) is 1.66. The predicted octanol–water partition coefficient (Wildman–Crippen LogP) is 4.24. The van der Waals surface area contributed by atoms with Gasteiger partial charge in [0.25, 0.3) is 5.56 Å². The van der Waals surface area contributed by atoms with Crippen LogP contribution in [0.3, 0.4) is 0 Å². The van der Waals surface area contributed by atoms with Crippen molar-refractivity contribution in [3.05, 3.63) is 81.8 Å². The molecule has 3 rings (SSSR count). The van der Waals surface area contributed by atoms with E-state index in [0.717, 1.165) is 12.3 Å². The molecule has 0 atom stereocenters. The highest BCUT2D eigenvalue weighted by Gasteiger charge is 2.33. The number of aromatic amines is 1. The number of nitrogens with one attached hydrogen (secondary N) is 1. The summed E-state index contributed by atoms with van der Waals surface area (Å²) in [6.07, 6.45) is -3.34. The van der Waals surface area contributed by atoms with Gasteiger partial charge in [-0.1, -0.05) is 30.3 Å². The number of para-hydroxylation sites is 2. The Bertz CT molecular complexity index is 969. The highest BCUT2D eigenvalue weighted by Crippen LogP contribution is 2.35.